The Morgan fingerprint density at radius 3 is 2.59 bits per heavy atom. The largest absolute Gasteiger partial charge is 0.444 e. The van der Waals surface area contributed by atoms with Gasteiger partial charge < -0.3 is 10.1 Å². The van der Waals surface area contributed by atoms with Crippen LogP contribution in [0.5, 0.6) is 0 Å². The van der Waals surface area contributed by atoms with Gasteiger partial charge in [0, 0.05) is 21.7 Å². The van der Waals surface area contributed by atoms with E-state index in [0.717, 1.165) is 4.90 Å². The summed E-state index contributed by atoms with van der Waals surface area (Å²) in [5, 5.41) is 13.1. The first kappa shape index (κ1) is 22.1. The van der Waals surface area contributed by atoms with Crippen molar-refractivity contribution in [1.82, 2.24) is 10.2 Å². The molecule has 1 aromatic carbocycles. The van der Waals surface area contributed by atoms with E-state index >= 15 is 0 Å². The lowest BCUT2D eigenvalue weighted by molar-refractivity contribution is -0.126. The number of thioether (sulfide) groups is 1. The highest BCUT2D eigenvalue weighted by Gasteiger charge is 2.49. The number of hydrogen-bond acceptors (Lipinski definition) is 5. The fraction of sp³-hybridized carbons (Fsp3) is 0.550. The molecule has 1 aliphatic heterocycles. The third-order valence-electron chi connectivity index (χ3n) is 4.71. The van der Waals surface area contributed by atoms with Gasteiger partial charge in [-0.2, -0.15) is 5.26 Å². The number of ether oxygens (including phenoxy) is 1. The van der Waals surface area contributed by atoms with Crippen LogP contribution in [0.3, 0.4) is 0 Å². The Balaban J connectivity index is 1.76. The predicted molar refractivity (Wildman–Crippen MR) is 113 cm³/mol. The highest BCUT2D eigenvalue weighted by molar-refractivity contribution is 8.00. The number of rotatable bonds is 4. The normalized spacial score (nSPS) is 22.7. The monoisotopic (exact) mass is 455 g/mol. The first-order chi connectivity index (χ1) is 13.5. The van der Waals surface area contributed by atoms with Gasteiger partial charge in [-0.05, 0) is 58.2 Å². The van der Waals surface area contributed by atoms with Crippen LogP contribution in [-0.2, 0) is 9.53 Å². The molecule has 0 unspecified atom stereocenters. The first-order valence-electron chi connectivity index (χ1n) is 9.36. The molecular formula is C20H23Cl2N3O3S. The van der Waals surface area contributed by atoms with Gasteiger partial charge in [-0.3, -0.25) is 9.69 Å². The number of carbonyl (C=O) groups excluding carboxylic acids is 2. The zero-order valence-corrected chi connectivity index (χ0v) is 18.8. The van der Waals surface area contributed by atoms with Crippen LogP contribution in [0.2, 0.25) is 10.0 Å². The molecule has 3 rings (SSSR count). The summed E-state index contributed by atoms with van der Waals surface area (Å²) in [5.41, 5.74) is -1.46. The fourth-order valence-electron chi connectivity index (χ4n) is 3.11. The summed E-state index contributed by atoms with van der Waals surface area (Å²) in [6.07, 6.45) is 1.17. The topological polar surface area (TPSA) is 82.4 Å². The number of nitrogens with zero attached hydrogens (tertiary/aromatic N) is 2. The van der Waals surface area contributed by atoms with E-state index in [0.29, 0.717) is 35.9 Å². The number of hydrogen-bond donors (Lipinski definition) is 1. The number of likely N-dealkylation sites (tertiary alicyclic amines) is 1. The minimum Gasteiger partial charge on any atom is -0.444 e. The van der Waals surface area contributed by atoms with Gasteiger partial charge in [0.15, 0.2) is 0 Å². The fourth-order valence-corrected chi connectivity index (χ4v) is 4.85. The number of benzene rings is 1. The summed E-state index contributed by atoms with van der Waals surface area (Å²) >= 11 is 13.7. The number of amides is 2. The molecule has 9 heteroatoms. The molecule has 6 nitrogen and oxygen atoms in total. The Bertz CT molecular complexity index is 862. The molecule has 2 atom stereocenters. The van der Waals surface area contributed by atoms with Gasteiger partial charge >= 0.3 is 6.09 Å². The molecule has 1 heterocycles. The van der Waals surface area contributed by atoms with Crippen LogP contribution in [0.4, 0.5) is 4.79 Å². The Kier molecular flexibility index (Phi) is 6.28. The molecular weight excluding hydrogens is 433 g/mol. The molecule has 2 amide bonds. The van der Waals surface area contributed by atoms with Gasteiger partial charge in [-0.15, -0.1) is 11.8 Å². The van der Waals surface area contributed by atoms with E-state index in [1.54, 1.807) is 32.9 Å². The zero-order chi connectivity index (χ0) is 21.4. The molecule has 1 saturated heterocycles. The maximum atomic E-state index is 12.9. The molecule has 0 radical (unpaired) electrons. The lowest BCUT2D eigenvalue weighted by atomic mass is 10.2. The van der Waals surface area contributed by atoms with Crippen molar-refractivity contribution in [1.29, 1.82) is 5.26 Å². The van der Waals surface area contributed by atoms with Crippen molar-refractivity contribution >= 4 is 47.0 Å². The minimum atomic E-state index is -0.790. The third kappa shape index (κ3) is 5.50. The molecule has 1 aliphatic carbocycles. The van der Waals surface area contributed by atoms with Gasteiger partial charge in [0.2, 0.25) is 5.91 Å². The van der Waals surface area contributed by atoms with Crippen molar-refractivity contribution in [3.63, 3.8) is 0 Å². The molecule has 2 aliphatic rings. The second-order valence-corrected chi connectivity index (χ2v) is 10.6. The second-order valence-electron chi connectivity index (χ2n) is 8.38. The van der Waals surface area contributed by atoms with Crippen molar-refractivity contribution in [3.05, 3.63) is 28.2 Å². The van der Waals surface area contributed by atoms with E-state index < -0.39 is 23.3 Å². The van der Waals surface area contributed by atoms with Crippen molar-refractivity contribution < 1.29 is 14.3 Å². The number of nitrogens with one attached hydrogen (secondary N) is 1. The van der Waals surface area contributed by atoms with E-state index in [2.05, 4.69) is 11.4 Å². The summed E-state index contributed by atoms with van der Waals surface area (Å²) in [4.78, 5) is 27.9. The lowest BCUT2D eigenvalue weighted by Crippen LogP contribution is -2.50. The first-order valence-corrected chi connectivity index (χ1v) is 11.0. The summed E-state index contributed by atoms with van der Waals surface area (Å²) < 4.78 is 5.50. The summed E-state index contributed by atoms with van der Waals surface area (Å²) in [5.74, 6) is -0.319. The predicted octanol–water partition coefficient (Wildman–Crippen LogP) is 4.64. The van der Waals surface area contributed by atoms with Crippen LogP contribution in [0.25, 0.3) is 0 Å². The van der Waals surface area contributed by atoms with Gasteiger partial charge in [-0.1, -0.05) is 23.2 Å². The third-order valence-corrected chi connectivity index (χ3v) is 6.65. The van der Waals surface area contributed by atoms with E-state index in [9.17, 15) is 14.9 Å². The second kappa shape index (κ2) is 8.25. The Morgan fingerprint density at radius 1 is 1.34 bits per heavy atom. The number of halogens is 2. The van der Waals surface area contributed by atoms with E-state index in [1.807, 2.05) is 6.07 Å². The van der Waals surface area contributed by atoms with Crippen LogP contribution in [0.15, 0.2) is 23.1 Å². The average Bonchev–Trinajstić information content (AvgIpc) is 3.25. The highest BCUT2D eigenvalue weighted by atomic mass is 35.5. The molecule has 0 aromatic heterocycles. The highest BCUT2D eigenvalue weighted by Crippen LogP contribution is 2.39. The summed E-state index contributed by atoms with van der Waals surface area (Å²) in [7, 11) is 0. The van der Waals surface area contributed by atoms with Crippen molar-refractivity contribution in [3.8, 4) is 6.07 Å². The summed E-state index contributed by atoms with van der Waals surface area (Å²) in [6, 6.07) is 6.71. The molecule has 156 valence electrons. The maximum Gasteiger partial charge on any atom is 0.411 e. The quantitative estimate of drug-likeness (QED) is 0.714. The Morgan fingerprint density at radius 2 is 2.03 bits per heavy atom. The van der Waals surface area contributed by atoms with Crippen LogP contribution in [-0.4, -0.2) is 45.9 Å². The van der Waals surface area contributed by atoms with E-state index in [1.165, 1.54) is 16.7 Å². The standard InChI is InChI=1S/C20H23Cl2N3O3S/c1-19(2,3)28-18(27)25-10-13(29-16-5-4-12(21)8-14(16)22)9-15(25)17(26)24-20(11-23)6-7-20/h4-5,8,13,15H,6-7,9-10H2,1-3H3,(H,24,26)/t13-,15+/m1/s1. The molecule has 1 N–H and O–H groups in total. The van der Waals surface area contributed by atoms with Crippen LogP contribution >= 0.6 is 35.0 Å². The maximum absolute atomic E-state index is 12.9. The zero-order valence-electron chi connectivity index (χ0n) is 16.5. The van der Waals surface area contributed by atoms with E-state index in [4.69, 9.17) is 27.9 Å². The molecule has 0 spiro atoms. The molecule has 2 fully saturated rings. The average molecular weight is 456 g/mol. The number of carbonyl (C=O) groups is 2. The molecule has 29 heavy (non-hydrogen) atoms. The van der Waals surface area contributed by atoms with Crippen molar-refractivity contribution in [2.75, 3.05) is 6.54 Å². The van der Waals surface area contributed by atoms with E-state index in [-0.39, 0.29) is 11.2 Å². The SMILES string of the molecule is CC(C)(C)OC(=O)N1C[C@H](Sc2ccc(Cl)cc2Cl)C[C@H]1C(=O)NC1(C#N)CC1. The van der Waals surface area contributed by atoms with Crippen molar-refractivity contribution in [2.45, 2.75) is 67.4 Å². The lowest BCUT2D eigenvalue weighted by Gasteiger charge is -2.28. The number of nitriles is 1. The van der Waals surface area contributed by atoms with Gasteiger partial charge in [0.05, 0.1) is 11.1 Å². The van der Waals surface area contributed by atoms with Crippen LogP contribution in [0.1, 0.15) is 40.0 Å². The van der Waals surface area contributed by atoms with Crippen LogP contribution < -0.4 is 5.32 Å². The Labute approximate surface area is 184 Å². The molecule has 1 aromatic rings. The minimum absolute atomic E-state index is 0.0471. The van der Waals surface area contributed by atoms with Crippen molar-refractivity contribution in [2.24, 2.45) is 0 Å². The van der Waals surface area contributed by atoms with Gasteiger partial charge in [0.1, 0.15) is 17.2 Å². The Hall–Kier alpha value is -1.62. The molecule has 0 bridgehead atoms. The summed E-state index contributed by atoms with van der Waals surface area (Å²) in [6.45, 7) is 5.69. The smallest absolute Gasteiger partial charge is 0.411 e. The van der Waals surface area contributed by atoms with Gasteiger partial charge in [-0.25, -0.2) is 4.79 Å². The molecule has 1 saturated carbocycles. The van der Waals surface area contributed by atoms with Gasteiger partial charge in [0.25, 0.3) is 0 Å². The van der Waals surface area contributed by atoms with Crippen LogP contribution in [0, 0.1) is 11.3 Å².